The molecule has 25 heteroatoms. The fraction of sp³-hybridized carbons (Fsp3) is 1.00. The second-order valence-electron chi connectivity index (χ2n) is 6.69. The van der Waals surface area contributed by atoms with Gasteiger partial charge in [0.05, 0.1) is 31.8 Å². The van der Waals surface area contributed by atoms with Crippen molar-refractivity contribution in [3.8, 4) is 0 Å². The van der Waals surface area contributed by atoms with Crippen LogP contribution >= 0.6 is 0 Å². The molecule has 1 aliphatic rings. The Morgan fingerprint density at radius 1 is 0.600 bits per heavy atom. The second-order valence-corrected chi connectivity index (χ2v) is 6.69. The molecule has 1 aliphatic carbocycles. The van der Waals surface area contributed by atoms with Crippen LogP contribution in [-0.2, 0) is 24.2 Å². The number of aliphatic hydroxyl groups is 5. The monoisotopic (exact) mass is 525 g/mol. The predicted octanol–water partition coefficient (Wildman–Crippen LogP) is -4.75. The van der Waals surface area contributed by atoms with Crippen LogP contribution in [0.25, 0.3) is 0 Å². The number of hydrogen-bond donors (Lipinski definition) is 5. The molecule has 0 saturated heterocycles. The molecule has 0 bridgehead atoms. The summed E-state index contributed by atoms with van der Waals surface area (Å²) in [6.07, 6.45) is -2.18. The fourth-order valence-corrected chi connectivity index (χ4v) is 3.99. The van der Waals surface area contributed by atoms with E-state index in [2.05, 4.69) is 24.2 Å². The van der Waals surface area contributed by atoms with Crippen molar-refractivity contribution in [3.63, 3.8) is 0 Å². The Balaban J connectivity index is 4.57. The van der Waals surface area contributed by atoms with Crippen molar-refractivity contribution in [3.05, 3.63) is 50.6 Å². The van der Waals surface area contributed by atoms with Gasteiger partial charge in [0.15, 0.2) is 0 Å². The van der Waals surface area contributed by atoms with E-state index in [-0.39, 0.29) is 0 Å². The summed E-state index contributed by atoms with van der Waals surface area (Å²) < 4.78 is 0. The molecule has 0 heterocycles. The smallest absolute Gasteiger partial charge is 0.348 e. The van der Waals surface area contributed by atoms with Gasteiger partial charge in [-0.1, -0.05) is 0 Å². The number of rotatable bonds is 14. The molecule has 35 heavy (non-hydrogen) atoms. The molecule has 0 aliphatic heterocycles. The minimum atomic E-state index is -4.85. The maximum absolute atomic E-state index is 11.3. The van der Waals surface area contributed by atoms with Crippen molar-refractivity contribution in [2.45, 2.75) is 29.2 Å². The zero-order valence-corrected chi connectivity index (χ0v) is 16.6. The molecule has 1 fully saturated rings. The number of nitrogens with zero attached hydrogens (tertiary/aromatic N) is 5. The summed E-state index contributed by atoms with van der Waals surface area (Å²) in [4.78, 5) is 76.0. The maximum Gasteiger partial charge on any atom is 0.348 e. The molecule has 1 saturated carbocycles. The van der Waals surface area contributed by atoms with Crippen molar-refractivity contribution < 1.29 is 75.2 Å². The van der Waals surface area contributed by atoms with Crippen LogP contribution in [0.3, 0.4) is 0 Å². The first-order valence-electron chi connectivity index (χ1n) is 8.37. The molecule has 25 nitrogen and oxygen atoms in total. The Hall–Kier alpha value is -4.20. The Bertz CT molecular complexity index is 844. The summed E-state index contributed by atoms with van der Waals surface area (Å²) in [7, 11) is 0. The number of hydrogen-bond acceptors (Lipinski definition) is 20. The second kappa shape index (κ2) is 9.58. The standard InChI is InChI=1S/C10H15N5O20/c16-2-6(3-17)7(20,4-18)1-9(32-12(23)24,33-13(25)26)10(34-14(27)28,35-15(29)30)8(6,5-19)31-11(21)22/h16-20H,1-5H2. The lowest BCUT2D eigenvalue weighted by atomic mass is 9.51. The molecule has 1 rings (SSSR count). The Morgan fingerprint density at radius 3 is 1.23 bits per heavy atom. The maximum atomic E-state index is 11.3. The van der Waals surface area contributed by atoms with Crippen molar-refractivity contribution in [1.29, 1.82) is 0 Å². The van der Waals surface area contributed by atoms with Gasteiger partial charge in [0.25, 0.3) is 25.4 Å². The van der Waals surface area contributed by atoms with E-state index in [0.29, 0.717) is 0 Å². The van der Waals surface area contributed by atoms with E-state index in [9.17, 15) is 76.1 Å². The van der Waals surface area contributed by atoms with Crippen molar-refractivity contribution in [1.82, 2.24) is 0 Å². The molecule has 0 amide bonds. The lowest BCUT2D eigenvalue weighted by Gasteiger charge is -2.65. The average Bonchev–Trinajstić information content (AvgIpc) is 2.70. The highest BCUT2D eigenvalue weighted by atomic mass is 17.1. The first-order chi connectivity index (χ1) is 16.0. The molecule has 0 aromatic heterocycles. The molecule has 2 atom stereocenters. The summed E-state index contributed by atoms with van der Waals surface area (Å²) in [6.45, 7) is -8.21. The minimum Gasteiger partial charge on any atom is -0.395 e. The topological polar surface area (TPSA) is 363 Å². The first kappa shape index (κ1) is 28.8. The largest absolute Gasteiger partial charge is 0.395 e. The minimum absolute atomic E-state index is 1.91. The quantitative estimate of drug-likeness (QED) is 0.0806. The fourth-order valence-electron chi connectivity index (χ4n) is 3.99. The van der Waals surface area contributed by atoms with Gasteiger partial charge in [-0.3, -0.25) is 24.2 Å². The Morgan fingerprint density at radius 2 is 0.971 bits per heavy atom. The summed E-state index contributed by atoms with van der Waals surface area (Å²) in [5.74, 6) is -9.38. The SMILES string of the molecule is O=[N+]([O-])OC1(O[N+](=O)[O-])CC(O)(CO)C(CO)(CO)C(CO)(O[N+](=O)[O-])C1(O[N+](=O)[O-])O[N+](=O)[O-]. The van der Waals surface area contributed by atoms with Crippen molar-refractivity contribution in [2.75, 3.05) is 26.4 Å². The summed E-state index contributed by atoms with van der Waals surface area (Å²) in [5, 5.41) is 96.6. The first-order valence-corrected chi connectivity index (χ1v) is 8.37. The van der Waals surface area contributed by atoms with Gasteiger partial charge in [0, 0.05) is 6.42 Å². The summed E-state index contributed by atoms with van der Waals surface area (Å²) >= 11 is 0. The highest BCUT2D eigenvalue weighted by Crippen LogP contribution is 2.63. The third-order valence-corrected chi connectivity index (χ3v) is 5.33. The normalized spacial score (nSPS) is 26.0. The molecular formula is C10H15N5O20. The van der Waals surface area contributed by atoms with Crippen LogP contribution in [0.4, 0.5) is 0 Å². The lowest BCUT2D eigenvalue weighted by Crippen LogP contribution is -2.90. The van der Waals surface area contributed by atoms with Gasteiger partial charge in [-0.25, -0.2) is 0 Å². The zero-order chi connectivity index (χ0) is 27.5. The van der Waals surface area contributed by atoms with Crippen molar-refractivity contribution >= 4 is 0 Å². The van der Waals surface area contributed by atoms with Gasteiger partial charge < -0.3 is 25.5 Å². The van der Waals surface area contributed by atoms with Gasteiger partial charge in [0.2, 0.25) is 5.60 Å². The Labute approximate surface area is 188 Å². The third-order valence-electron chi connectivity index (χ3n) is 5.33. The van der Waals surface area contributed by atoms with Crippen LogP contribution in [-0.4, -0.2) is 100 Å². The van der Waals surface area contributed by atoms with E-state index in [1.54, 1.807) is 0 Å². The average molecular weight is 525 g/mol. The van der Waals surface area contributed by atoms with E-state index in [1.165, 1.54) is 0 Å². The van der Waals surface area contributed by atoms with Crippen LogP contribution in [0, 0.1) is 56.0 Å². The van der Waals surface area contributed by atoms with E-state index in [1.807, 2.05) is 0 Å². The summed E-state index contributed by atoms with van der Waals surface area (Å²) in [6, 6.07) is 0. The molecule has 0 aromatic rings. The lowest BCUT2D eigenvalue weighted by molar-refractivity contribution is -0.959. The molecule has 5 N–H and O–H groups in total. The van der Waals surface area contributed by atoms with Crippen LogP contribution in [0.2, 0.25) is 0 Å². The molecule has 0 radical (unpaired) electrons. The highest BCUT2D eigenvalue weighted by molar-refractivity contribution is 5.25. The van der Waals surface area contributed by atoms with Crippen LogP contribution in [0.15, 0.2) is 0 Å². The Kier molecular flexibility index (Phi) is 7.89. The van der Waals surface area contributed by atoms with E-state index < -0.39 is 86.5 Å². The third kappa shape index (κ3) is 4.12. The van der Waals surface area contributed by atoms with Gasteiger partial charge in [-0.15, -0.1) is 50.6 Å². The van der Waals surface area contributed by atoms with E-state index in [4.69, 9.17) is 0 Å². The van der Waals surface area contributed by atoms with E-state index >= 15 is 0 Å². The zero-order valence-electron chi connectivity index (χ0n) is 16.6. The van der Waals surface area contributed by atoms with Crippen LogP contribution in [0.1, 0.15) is 6.42 Å². The summed E-state index contributed by atoms with van der Waals surface area (Å²) in [5.41, 5.74) is -11.5. The molecular weight excluding hydrogens is 510 g/mol. The molecule has 200 valence electrons. The molecule has 2 unspecified atom stereocenters. The van der Waals surface area contributed by atoms with E-state index in [0.717, 1.165) is 0 Å². The molecule has 0 aromatic carbocycles. The van der Waals surface area contributed by atoms with Gasteiger partial charge in [-0.2, -0.15) is 0 Å². The van der Waals surface area contributed by atoms with Gasteiger partial charge >= 0.3 is 11.6 Å². The van der Waals surface area contributed by atoms with Crippen LogP contribution < -0.4 is 0 Å². The van der Waals surface area contributed by atoms with Crippen molar-refractivity contribution in [2.24, 2.45) is 5.41 Å². The number of aliphatic hydroxyl groups excluding tert-OH is 4. The predicted molar refractivity (Wildman–Crippen MR) is 88.9 cm³/mol. The van der Waals surface area contributed by atoms with Gasteiger partial charge in [-0.05, 0) is 0 Å². The molecule has 0 spiro atoms. The van der Waals surface area contributed by atoms with Gasteiger partial charge in [0.1, 0.15) is 5.60 Å². The highest BCUT2D eigenvalue weighted by Gasteiger charge is 2.89. The van der Waals surface area contributed by atoms with Crippen LogP contribution in [0.5, 0.6) is 0 Å².